The minimum atomic E-state index is -5.15. The number of hydrogen-bond donors (Lipinski definition) is 6. The second kappa shape index (κ2) is 46.1. The van der Waals surface area contributed by atoms with Gasteiger partial charge in [-0.2, -0.15) is 0 Å². The molecule has 0 amide bonds. The number of phosphoric acid groups is 1. The van der Waals surface area contributed by atoms with Gasteiger partial charge in [-0.25, -0.2) is 4.57 Å². The second-order valence-electron chi connectivity index (χ2n) is 19.4. The van der Waals surface area contributed by atoms with Crippen molar-refractivity contribution in [2.75, 3.05) is 13.2 Å². The predicted octanol–water partition coefficient (Wildman–Crippen LogP) is 12.8. The second-order valence-corrected chi connectivity index (χ2v) is 20.9. The molecule has 0 aromatic heterocycles. The number of unbranched alkanes of at least 4 members (excludes halogenated alkanes) is 25. The summed E-state index contributed by atoms with van der Waals surface area (Å²) in [5, 5.41) is 50.3. The molecule has 6 unspecified atom stereocenters. The highest BCUT2D eigenvalue weighted by Gasteiger charge is 2.51. The largest absolute Gasteiger partial charge is 0.472 e. The third kappa shape index (κ3) is 37.9. The number of carbonyl (C=O) groups is 2. The number of hydrogen-bond acceptors (Lipinski definition) is 12. The molecular weight excluding hydrogens is 924 g/mol. The number of allylic oxidation sites excluding steroid dienone is 10. The third-order valence-corrected chi connectivity index (χ3v) is 13.9. The first-order chi connectivity index (χ1) is 34.4. The fourth-order valence-electron chi connectivity index (χ4n) is 8.39. The number of aliphatic hydroxyl groups excluding tert-OH is 5. The van der Waals surface area contributed by atoms with E-state index in [4.69, 9.17) is 18.5 Å². The maximum Gasteiger partial charge on any atom is 0.472 e. The molecule has 0 aliphatic heterocycles. The lowest BCUT2D eigenvalue weighted by atomic mass is 9.85. The van der Waals surface area contributed by atoms with Gasteiger partial charge in [-0.15, -0.1) is 0 Å². The molecule has 0 saturated heterocycles. The van der Waals surface area contributed by atoms with E-state index in [2.05, 4.69) is 56.4 Å². The van der Waals surface area contributed by atoms with E-state index in [9.17, 15) is 44.6 Å². The molecule has 1 aliphatic carbocycles. The van der Waals surface area contributed by atoms with Crippen molar-refractivity contribution >= 4 is 19.8 Å². The zero-order valence-electron chi connectivity index (χ0n) is 44.3. The van der Waals surface area contributed by atoms with Crippen LogP contribution in [0.5, 0.6) is 0 Å². The molecule has 71 heavy (non-hydrogen) atoms. The Bertz CT molecular complexity index is 1470. The average molecular weight is 1030 g/mol. The first kappa shape index (κ1) is 66.6. The van der Waals surface area contributed by atoms with E-state index in [0.717, 1.165) is 44.9 Å². The summed E-state index contributed by atoms with van der Waals surface area (Å²) in [7, 11) is -5.15. The molecule has 0 heterocycles. The van der Waals surface area contributed by atoms with Crippen molar-refractivity contribution in [2.24, 2.45) is 0 Å². The molecule has 0 aromatic carbocycles. The summed E-state index contributed by atoms with van der Waals surface area (Å²) in [6.07, 6.45) is 45.7. The summed E-state index contributed by atoms with van der Waals surface area (Å²) in [4.78, 5) is 35.9. The fraction of sp³-hybridized carbons (Fsp3) is 0.789. The van der Waals surface area contributed by atoms with Crippen LogP contribution in [0.1, 0.15) is 232 Å². The van der Waals surface area contributed by atoms with Gasteiger partial charge in [0.25, 0.3) is 0 Å². The molecule has 0 aromatic rings. The van der Waals surface area contributed by atoms with E-state index in [1.54, 1.807) is 0 Å². The summed E-state index contributed by atoms with van der Waals surface area (Å²) >= 11 is 0. The Kier molecular flexibility index (Phi) is 43.2. The minimum Gasteiger partial charge on any atom is -0.462 e. The van der Waals surface area contributed by atoms with Crippen LogP contribution in [0.3, 0.4) is 0 Å². The van der Waals surface area contributed by atoms with E-state index in [1.807, 2.05) is 18.2 Å². The van der Waals surface area contributed by atoms with Crippen molar-refractivity contribution in [1.82, 2.24) is 0 Å². The van der Waals surface area contributed by atoms with Crippen LogP contribution in [0.25, 0.3) is 0 Å². The molecule has 13 nitrogen and oxygen atoms in total. The maximum absolute atomic E-state index is 12.9. The van der Waals surface area contributed by atoms with Gasteiger partial charge in [-0.05, 0) is 51.4 Å². The summed E-state index contributed by atoms with van der Waals surface area (Å²) in [5.74, 6) is -1.19. The number of phosphoric ester groups is 1. The molecule has 1 saturated carbocycles. The van der Waals surface area contributed by atoms with Crippen molar-refractivity contribution in [2.45, 2.75) is 275 Å². The van der Waals surface area contributed by atoms with Gasteiger partial charge >= 0.3 is 19.8 Å². The Morgan fingerprint density at radius 2 is 0.789 bits per heavy atom. The van der Waals surface area contributed by atoms with Gasteiger partial charge in [0.1, 0.15) is 43.2 Å². The van der Waals surface area contributed by atoms with Crippen molar-refractivity contribution in [3.05, 3.63) is 60.8 Å². The molecule has 0 spiro atoms. The molecule has 8 atom stereocenters. The lowest BCUT2D eigenvalue weighted by Crippen LogP contribution is -2.64. The Morgan fingerprint density at radius 3 is 1.21 bits per heavy atom. The van der Waals surface area contributed by atoms with Gasteiger partial charge in [0.2, 0.25) is 0 Å². The third-order valence-electron chi connectivity index (χ3n) is 12.9. The maximum atomic E-state index is 12.9. The molecule has 1 aliphatic rings. The Labute approximate surface area is 430 Å². The molecule has 0 radical (unpaired) electrons. The fourth-order valence-corrected chi connectivity index (χ4v) is 9.36. The van der Waals surface area contributed by atoms with Gasteiger partial charge in [0, 0.05) is 12.8 Å². The SMILES string of the molecule is CCCCC/C=C/C/C=C/C/C=C/C/C=C/C/C=C/CCC(=O)O[C@@H](COC(=O)CCCCCCCCCCCCCCCCCCCCCCCCC)COP(=O)(O)OC1C(O)C(O)C(O)[C@H](O)C1O. The highest BCUT2D eigenvalue weighted by Crippen LogP contribution is 2.47. The van der Waals surface area contributed by atoms with Gasteiger partial charge in [-0.1, -0.05) is 229 Å². The average Bonchev–Trinajstić information content (AvgIpc) is 3.35. The zero-order valence-corrected chi connectivity index (χ0v) is 45.2. The first-order valence-corrected chi connectivity index (χ1v) is 29.6. The molecule has 0 bridgehead atoms. The van der Waals surface area contributed by atoms with Gasteiger partial charge < -0.3 is 39.9 Å². The van der Waals surface area contributed by atoms with Crippen molar-refractivity contribution in [1.29, 1.82) is 0 Å². The predicted molar refractivity (Wildman–Crippen MR) is 286 cm³/mol. The van der Waals surface area contributed by atoms with Crippen LogP contribution in [-0.2, 0) is 32.7 Å². The highest BCUT2D eigenvalue weighted by atomic mass is 31.2. The van der Waals surface area contributed by atoms with Crippen LogP contribution >= 0.6 is 7.82 Å². The standard InChI is InChI=1S/C57H101O13P/c1-3-5-7-9-11-13-15-17-19-21-23-24-25-26-28-29-31-33-35-37-39-41-43-45-50(58)67-47-49(48-68-71(65,66)70-57-55(63)53(61)52(60)54(62)56(57)64)69-51(59)46-44-42-40-38-36-34-32-30-27-22-20-18-16-14-12-10-8-6-4-2/h12,14,18,20,27,30,34,36,40,42,49,52-57,60-64H,3-11,13,15-17,19,21-26,28-29,31-33,35,37-39,41,43-48H2,1-2H3,(H,65,66)/b14-12+,20-18+,30-27+,36-34+,42-40+/t49-,52?,53-,54?,55?,56?,57?/m0/s1. The van der Waals surface area contributed by atoms with E-state index in [0.29, 0.717) is 19.3 Å². The van der Waals surface area contributed by atoms with Crippen LogP contribution in [0.4, 0.5) is 0 Å². The summed E-state index contributed by atoms with van der Waals surface area (Å²) in [6, 6.07) is 0. The normalized spacial score (nSPS) is 21.1. The van der Waals surface area contributed by atoms with E-state index >= 15 is 0 Å². The van der Waals surface area contributed by atoms with Gasteiger partial charge in [0.05, 0.1) is 6.61 Å². The minimum absolute atomic E-state index is 0.0269. The topological polar surface area (TPSA) is 210 Å². The van der Waals surface area contributed by atoms with E-state index < -0.39 is 75.7 Å². The van der Waals surface area contributed by atoms with Crippen molar-refractivity contribution in [3.63, 3.8) is 0 Å². The summed E-state index contributed by atoms with van der Waals surface area (Å²) in [5.41, 5.74) is 0. The monoisotopic (exact) mass is 1020 g/mol. The molecule has 1 rings (SSSR count). The smallest absolute Gasteiger partial charge is 0.462 e. The quantitative estimate of drug-likeness (QED) is 0.0145. The number of aliphatic hydroxyl groups is 5. The van der Waals surface area contributed by atoms with Crippen LogP contribution in [-0.4, -0.2) is 98.3 Å². The summed E-state index contributed by atoms with van der Waals surface area (Å²) in [6.45, 7) is 3.25. The molecule has 1 fully saturated rings. The van der Waals surface area contributed by atoms with Crippen molar-refractivity contribution < 1.29 is 63.1 Å². The number of carbonyl (C=O) groups excluding carboxylic acids is 2. The zero-order chi connectivity index (χ0) is 52.1. The van der Waals surface area contributed by atoms with Crippen LogP contribution < -0.4 is 0 Å². The molecular formula is C57H101O13P. The first-order valence-electron chi connectivity index (χ1n) is 28.1. The molecule has 14 heteroatoms. The number of rotatable bonds is 47. The van der Waals surface area contributed by atoms with Crippen LogP contribution in [0, 0.1) is 0 Å². The van der Waals surface area contributed by atoms with E-state index in [-0.39, 0.29) is 12.8 Å². The van der Waals surface area contributed by atoms with Crippen LogP contribution in [0.15, 0.2) is 60.8 Å². The highest BCUT2D eigenvalue weighted by molar-refractivity contribution is 7.47. The van der Waals surface area contributed by atoms with Gasteiger partial charge in [0.15, 0.2) is 6.10 Å². The molecule has 6 N–H and O–H groups in total. The lowest BCUT2D eigenvalue weighted by Gasteiger charge is -2.41. The number of ether oxygens (including phenoxy) is 2. The lowest BCUT2D eigenvalue weighted by molar-refractivity contribution is -0.220. The Morgan fingerprint density at radius 1 is 0.437 bits per heavy atom. The number of esters is 2. The van der Waals surface area contributed by atoms with Crippen LogP contribution in [0.2, 0.25) is 0 Å². The van der Waals surface area contributed by atoms with E-state index in [1.165, 1.54) is 141 Å². The Hall–Kier alpha value is -2.45. The Balaban J connectivity index is 2.38. The van der Waals surface area contributed by atoms with Crippen molar-refractivity contribution in [3.8, 4) is 0 Å². The molecule has 412 valence electrons. The van der Waals surface area contributed by atoms with Gasteiger partial charge in [-0.3, -0.25) is 18.6 Å². The summed E-state index contributed by atoms with van der Waals surface area (Å²) < 4.78 is 33.6.